The van der Waals surface area contributed by atoms with E-state index in [0.29, 0.717) is 6.04 Å². The van der Waals surface area contributed by atoms with E-state index in [2.05, 4.69) is 59.3 Å². The average Bonchev–Trinajstić information content (AvgIpc) is 3.62. The smallest absolute Gasteiger partial charge is 0.258 e. The summed E-state index contributed by atoms with van der Waals surface area (Å²) in [5.74, 6) is 0.00620. The van der Waals surface area contributed by atoms with E-state index in [1.54, 1.807) is 4.90 Å². The molecule has 0 bridgehead atoms. The Labute approximate surface area is 212 Å². The summed E-state index contributed by atoms with van der Waals surface area (Å²) in [4.78, 5) is 33.0. The van der Waals surface area contributed by atoms with Crippen LogP contribution in [0.5, 0.6) is 0 Å². The predicted octanol–water partition coefficient (Wildman–Crippen LogP) is 4.69. The number of likely N-dealkylation sites (N-methyl/N-ethyl adjacent to an activating group) is 1. The van der Waals surface area contributed by atoms with Crippen LogP contribution in [0.15, 0.2) is 48.5 Å². The van der Waals surface area contributed by atoms with Gasteiger partial charge in [-0.3, -0.25) is 14.5 Å². The van der Waals surface area contributed by atoms with Crippen LogP contribution < -0.4 is 15.1 Å². The second-order valence-corrected chi connectivity index (χ2v) is 10.7. The van der Waals surface area contributed by atoms with E-state index >= 15 is 0 Å². The zero-order valence-electron chi connectivity index (χ0n) is 21.6. The van der Waals surface area contributed by atoms with E-state index in [0.717, 1.165) is 83.4 Å². The molecule has 1 N–H and O–H groups in total. The van der Waals surface area contributed by atoms with Crippen LogP contribution in [0.2, 0.25) is 0 Å². The molecule has 1 aliphatic carbocycles. The minimum atomic E-state index is -0.387. The third-order valence-electron chi connectivity index (χ3n) is 8.54. The van der Waals surface area contributed by atoms with Gasteiger partial charge in [-0.05, 0) is 74.0 Å². The fourth-order valence-corrected chi connectivity index (χ4v) is 6.18. The highest BCUT2D eigenvalue weighted by atomic mass is 16.2. The van der Waals surface area contributed by atoms with Gasteiger partial charge in [-0.15, -0.1) is 0 Å². The number of nitrogens with one attached hydrogen (secondary N) is 1. The summed E-state index contributed by atoms with van der Waals surface area (Å²) in [5.41, 5.74) is 5.25. The number of hydrogen-bond acceptors (Lipinski definition) is 4. The van der Waals surface area contributed by atoms with Crippen molar-refractivity contribution in [2.75, 3.05) is 43.0 Å². The van der Waals surface area contributed by atoms with Crippen LogP contribution in [0.4, 0.5) is 11.4 Å². The molecule has 6 rings (SSSR count). The van der Waals surface area contributed by atoms with Crippen molar-refractivity contribution in [2.45, 2.75) is 45.2 Å². The summed E-state index contributed by atoms with van der Waals surface area (Å²) >= 11 is 0. The van der Waals surface area contributed by atoms with Gasteiger partial charge in [0.2, 0.25) is 0 Å². The Morgan fingerprint density at radius 1 is 1.11 bits per heavy atom. The summed E-state index contributed by atoms with van der Waals surface area (Å²) in [6, 6.07) is 16.8. The SMILES string of the molecule is CCN1CCN(c2ccc(C)c(C(=O)NC3(c4ccc5c6c(cccc46)C(=O)N5C)CC3)c2)C[C@@H]1C. The molecule has 1 atom stereocenters. The molecule has 2 aliphatic heterocycles. The number of carbonyl (C=O) groups excluding carboxylic acids is 2. The Hall–Kier alpha value is -3.38. The third kappa shape index (κ3) is 3.50. The lowest BCUT2D eigenvalue weighted by Gasteiger charge is -2.40. The summed E-state index contributed by atoms with van der Waals surface area (Å²) in [7, 11) is 1.82. The van der Waals surface area contributed by atoms with Crippen molar-refractivity contribution in [2.24, 2.45) is 0 Å². The quantitative estimate of drug-likeness (QED) is 0.573. The van der Waals surface area contributed by atoms with E-state index in [9.17, 15) is 9.59 Å². The van der Waals surface area contributed by atoms with Gasteiger partial charge in [0.05, 0.1) is 11.2 Å². The Bertz CT molecular complexity index is 1390. The van der Waals surface area contributed by atoms with Crippen LogP contribution in [0.3, 0.4) is 0 Å². The van der Waals surface area contributed by atoms with Crippen LogP contribution >= 0.6 is 0 Å². The Morgan fingerprint density at radius 2 is 1.92 bits per heavy atom. The van der Waals surface area contributed by atoms with Gasteiger partial charge in [0.1, 0.15) is 0 Å². The molecular weight excluding hydrogens is 448 g/mol. The number of carbonyl (C=O) groups is 2. The Kier molecular flexibility index (Phi) is 5.34. The number of benzene rings is 3. The topological polar surface area (TPSA) is 55.9 Å². The predicted molar refractivity (Wildman–Crippen MR) is 145 cm³/mol. The molecule has 3 aliphatic rings. The normalized spacial score (nSPS) is 20.8. The maximum atomic E-state index is 13.7. The number of hydrogen-bond donors (Lipinski definition) is 1. The van der Waals surface area contributed by atoms with Crippen molar-refractivity contribution in [3.63, 3.8) is 0 Å². The van der Waals surface area contributed by atoms with Crippen LogP contribution in [-0.4, -0.2) is 56.0 Å². The molecule has 6 heteroatoms. The van der Waals surface area contributed by atoms with Gasteiger partial charge in [-0.25, -0.2) is 0 Å². The highest BCUT2D eigenvalue weighted by Crippen LogP contribution is 2.50. The molecule has 0 spiro atoms. The van der Waals surface area contributed by atoms with E-state index in [1.165, 1.54) is 0 Å². The number of nitrogens with zero attached hydrogens (tertiary/aromatic N) is 3. The minimum absolute atomic E-state index is 0.0245. The summed E-state index contributed by atoms with van der Waals surface area (Å²) in [5, 5.41) is 5.47. The van der Waals surface area contributed by atoms with E-state index < -0.39 is 0 Å². The van der Waals surface area contributed by atoms with Gasteiger partial charge in [-0.1, -0.05) is 31.2 Å². The number of amides is 2. The van der Waals surface area contributed by atoms with Crippen molar-refractivity contribution >= 4 is 34.0 Å². The molecule has 2 heterocycles. The first-order valence-electron chi connectivity index (χ1n) is 13.1. The van der Waals surface area contributed by atoms with E-state index in [4.69, 9.17) is 0 Å². The summed E-state index contributed by atoms with van der Waals surface area (Å²) in [6.07, 6.45) is 1.80. The van der Waals surface area contributed by atoms with Gasteiger partial charge in [0.15, 0.2) is 0 Å². The largest absolute Gasteiger partial charge is 0.369 e. The zero-order valence-corrected chi connectivity index (χ0v) is 21.6. The molecule has 1 saturated carbocycles. The average molecular weight is 483 g/mol. The monoisotopic (exact) mass is 482 g/mol. The second kappa shape index (κ2) is 8.34. The number of rotatable bonds is 5. The van der Waals surface area contributed by atoms with Gasteiger partial charge in [0.25, 0.3) is 11.8 Å². The number of piperazine rings is 1. The van der Waals surface area contributed by atoms with Crippen molar-refractivity contribution in [3.05, 3.63) is 70.8 Å². The molecule has 2 amide bonds. The third-order valence-corrected chi connectivity index (χ3v) is 8.54. The van der Waals surface area contributed by atoms with Crippen LogP contribution in [-0.2, 0) is 5.54 Å². The van der Waals surface area contributed by atoms with Gasteiger partial charge < -0.3 is 15.1 Å². The molecule has 36 heavy (non-hydrogen) atoms. The molecule has 0 aromatic heterocycles. The highest BCUT2D eigenvalue weighted by molar-refractivity contribution is 6.25. The zero-order chi connectivity index (χ0) is 25.2. The van der Waals surface area contributed by atoms with Crippen LogP contribution in [0.1, 0.15) is 58.5 Å². The van der Waals surface area contributed by atoms with E-state index in [1.807, 2.05) is 32.2 Å². The second-order valence-electron chi connectivity index (χ2n) is 10.7. The minimum Gasteiger partial charge on any atom is -0.369 e. The first kappa shape index (κ1) is 23.0. The maximum Gasteiger partial charge on any atom is 0.258 e. The lowest BCUT2D eigenvalue weighted by Crippen LogP contribution is -2.51. The van der Waals surface area contributed by atoms with Crippen molar-refractivity contribution in [1.29, 1.82) is 0 Å². The number of aryl methyl sites for hydroxylation is 1. The van der Waals surface area contributed by atoms with Crippen LogP contribution in [0.25, 0.3) is 10.8 Å². The van der Waals surface area contributed by atoms with Crippen molar-refractivity contribution in [3.8, 4) is 0 Å². The summed E-state index contributed by atoms with van der Waals surface area (Å²) in [6.45, 7) is 10.6. The van der Waals surface area contributed by atoms with Crippen molar-refractivity contribution < 1.29 is 9.59 Å². The lowest BCUT2D eigenvalue weighted by atomic mass is 9.94. The lowest BCUT2D eigenvalue weighted by molar-refractivity contribution is 0.0929. The van der Waals surface area contributed by atoms with Gasteiger partial charge in [-0.2, -0.15) is 0 Å². The first-order valence-corrected chi connectivity index (χ1v) is 13.1. The van der Waals surface area contributed by atoms with Crippen molar-refractivity contribution in [1.82, 2.24) is 10.2 Å². The maximum absolute atomic E-state index is 13.7. The molecule has 1 saturated heterocycles. The molecular formula is C30H34N4O2. The summed E-state index contributed by atoms with van der Waals surface area (Å²) < 4.78 is 0. The highest BCUT2D eigenvalue weighted by Gasteiger charge is 2.47. The first-order chi connectivity index (χ1) is 17.3. The van der Waals surface area contributed by atoms with Gasteiger partial charge >= 0.3 is 0 Å². The molecule has 2 fully saturated rings. The molecule has 3 aromatic carbocycles. The fraction of sp³-hybridized carbons (Fsp3) is 0.400. The van der Waals surface area contributed by atoms with E-state index in [-0.39, 0.29) is 17.4 Å². The molecule has 3 aromatic rings. The molecule has 0 unspecified atom stereocenters. The molecule has 6 nitrogen and oxygen atoms in total. The standard InChI is InChI=1S/C30H34N4O2/c1-5-33-15-16-34(18-20(33)3)21-10-9-19(2)24(17-21)28(35)31-30(13-14-30)25-11-12-26-27-22(25)7-6-8-23(27)29(36)32(26)4/h6-12,17,20H,5,13-16,18H2,1-4H3,(H,31,35)/t20-/m0/s1. The molecule has 0 radical (unpaired) electrons. The van der Waals surface area contributed by atoms with Gasteiger partial charge in [0, 0.05) is 54.9 Å². The Morgan fingerprint density at radius 3 is 2.64 bits per heavy atom. The number of anilines is 2. The van der Waals surface area contributed by atoms with Crippen LogP contribution in [0, 0.1) is 6.92 Å². The molecule has 186 valence electrons. The fourth-order valence-electron chi connectivity index (χ4n) is 6.18. The Balaban J connectivity index is 1.30.